The number of para-hydroxylation sites is 2. The first-order chi connectivity index (χ1) is 12.7. The number of fused-ring (bicyclic) bond motifs is 3. The maximum absolute atomic E-state index is 12.5. The molecule has 4 rings (SSSR count). The number of aromatic amines is 1. The van der Waals surface area contributed by atoms with E-state index in [0.717, 1.165) is 28.2 Å². The van der Waals surface area contributed by atoms with Crippen LogP contribution in [0.1, 0.15) is 42.1 Å². The summed E-state index contributed by atoms with van der Waals surface area (Å²) in [5.74, 6) is 1.65. The van der Waals surface area contributed by atoms with Crippen molar-refractivity contribution >= 4 is 34.4 Å². The number of nitrogens with zero attached hydrogens (tertiary/aromatic N) is 3. The molecule has 0 saturated carbocycles. The molecule has 0 saturated heterocycles. The molecule has 2 heterocycles. The van der Waals surface area contributed by atoms with Crippen LogP contribution in [0.2, 0.25) is 0 Å². The third kappa shape index (κ3) is 3.01. The lowest BCUT2D eigenvalue weighted by molar-refractivity contribution is 0.102. The Hall–Kier alpha value is -2.60. The molecule has 0 spiro atoms. The highest BCUT2D eigenvalue weighted by atomic mass is 32.2. The maximum atomic E-state index is 12.5. The SMILES string of the molecule is CCC(C)c1ccc(C(=O)CSc2n[nH]c3nc4ccccc4n23)cc1. The summed E-state index contributed by atoms with van der Waals surface area (Å²) in [4.78, 5) is 17.0. The van der Waals surface area contributed by atoms with E-state index in [0.29, 0.717) is 17.4 Å². The smallest absolute Gasteiger partial charge is 0.231 e. The molecule has 2 aromatic heterocycles. The Balaban J connectivity index is 1.52. The minimum atomic E-state index is 0.103. The summed E-state index contributed by atoms with van der Waals surface area (Å²) in [6.07, 6.45) is 1.09. The third-order valence-corrected chi connectivity index (χ3v) is 5.69. The van der Waals surface area contributed by atoms with E-state index < -0.39 is 0 Å². The van der Waals surface area contributed by atoms with Gasteiger partial charge in [-0.3, -0.25) is 9.20 Å². The number of ketones is 1. The highest BCUT2D eigenvalue weighted by molar-refractivity contribution is 7.99. The number of benzene rings is 2. The first kappa shape index (κ1) is 16.8. The molecule has 26 heavy (non-hydrogen) atoms. The quantitative estimate of drug-likeness (QED) is 0.398. The van der Waals surface area contributed by atoms with Crippen molar-refractivity contribution in [3.63, 3.8) is 0 Å². The Morgan fingerprint density at radius 3 is 2.73 bits per heavy atom. The number of imidazole rings is 1. The second-order valence-electron chi connectivity index (χ2n) is 6.41. The summed E-state index contributed by atoms with van der Waals surface area (Å²) in [6.45, 7) is 4.37. The Labute approximate surface area is 155 Å². The number of H-pyrrole nitrogens is 1. The van der Waals surface area contributed by atoms with Crippen molar-refractivity contribution in [1.29, 1.82) is 0 Å². The normalized spacial score (nSPS) is 12.7. The second kappa shape index (κ2) is 6.96. The summed E-state index contributed by atoms with van der Waals surface area (Å²) in [7, 11) is 0. The molecule has 2 aromatic carbocycles. The van der Waals surface area contributed by atoms with Crippen molar-refractivity contribution in [2.45, 2.75) is 31.3 Å². The van der Waals surface area contributed by atoms with Crippen LogP contribution in [0.3, 0.4) is 0 Å². The molecule has 1 atom stereocenters. The molecular formula is C20H20N4OS. The van der Waals surface area contributed by atoms with Gasteiger partial charge in [0.25, 0.3) is 0 Å². The van der Waals surface area contributed by atoms with Gasteiger partial charge in [-0.15, -0.1) is 5.10 Å². The topological polar surface area (TPSA) is 63.0 Å². The van der Waals surface area contributed by atoms with Gasteiger partial charge in [-0.1, -0.05) is 62.0 Å². The van der Waals surface area contributed by atoms with Crippen LogP contribution >= 0.6 is 11.8 Å². The zero-order valence-electron chi connectivity index (χ0n) is 14.8. The number of Topliss-reactive ketones (excluding diaryl/α,β-unsaturated/α-hetero) is 1. The minimum absolute atomic E-state index is 0.103. The van der Waals surface area contributed by atoms with Gasteiger partial charge in [-0.2, -0.15) is 0 Å². The predicted molar refractivity (Wildman–Crippen MR) is 105 cm³/mol. The number of hydrogen-bond donors (Lipinski definition) is 1. The summed E-state index contributed by atoms with van der Waals surface area (Å²) in [5, 5.41) is 7.99. The summed E-state index contributed by atoms with van der Waals surface area (Å²) >= 11 is 1.43. The highest BCUT2D eigenvalue weighted by Crippen LogP contribution is 2.24. The number of thioether (sulfide) groups is 1. The molecule has 1 N–H and O–H groups in total. The predicted octanol–water partition coefficient (Wildman–Crippen LogP) is 4.70. The van der Waals surface area contributed by atoms with E-state index in [4.69, 9.17) is 0 Å². The molecule has 132 valence electrons. The van der Waals surface area contributed by atoms with E-state index in [-0.39, 0.29) is 5.78 Å². The molecule has 0 aliphatic heterocycles. The van der Waals surface area contributed by atoms with Gasteiger partial charge in [0.05, 0.1) is 16.8 Å². The third-order valence-electron chi connectivity index (χ3n) is 4.75. The lowest BCUT2D eigenvalue weighted by atomic mass is 9.97. The fourth-order valence-electron chi connectivity index (χ4n) is 2.99. The number of carbonyl (C=O) groups excluding carboxylic acids is 1. The van der Waals surface area contributed by atoms with E-state index in [1.165, 1.54) is 17.3 Å². The van der Waals surface area contributed by atoms with Gasteiger partial charge in [0.2, 0.25) is 5.78 Å². The van der Waals surface area contributed by atoms with Gasteiger partial charge in [-0.25, -0.2) is 10.1 Å². The average Bonchev–Trinajstić information content (AvgIpc) is 3.25. The molecule has 0 fully saturated rings. The maximum Gasteiger partial charge on any atom is 0.231 e. The van der Waals surface area contributed by atoms with Crippen LogP contribution in [0.15, 0.2) is 53.7 Å². The van der Waals surface area contributed by atoms with Gasteiger partial charge in [0.15, 0.2) is 10.9 Å². The minimum Gasteiger partial charge on any atom is -0.293 e. The Morgan fingerprint density at radius 1 is 1.19 bits per heavy atom. The molecule has 0 bridgehead atoms. The first-order valence-electron chi connectivity index (χ1n) is 8.75. The highest BCUT2D eigenvalue weighted by Gasteiger charge is 2.14. The lowest BCUT2D eigenvalue weighted by Gasteiger charge is -2.09. The number of aromatic nitrogens is 4. The van der Waals surface area contributed by atoms with E-state index in [2.05, 4.69) is 41.2 Å². The number of carbonyl (C=O) groups is 1. The van der Waals surface area contributed by atoms with E-state index in [1.54, 1.807) is 0 Å². The van der Waals surface area contributed by atoms with Crippen LogP contribution in [0, 0.1) is 0 Å². The Kier molecular flexibility index (Phi) is 4.51. The van der Waals surface area contributed by atoms with Crippen molar-refractivity contribution in [2.24, 2.45) is 0 Å². The number of nitrogens with one attached hydrogen (secondary N) is 1. The van der Waals surface area contributed by atoms with Gasteiger partial charge in [0, 0.05) is 5.56 Å². The Bertz CT molecular complexity index is 1060. The zero-order valence-corrected chi connectivity index (χ0v) is 15.6. The molecule has 0 radical (unpaired) electrons. The molecule has 0 aliphatic carbocycles. The molecule has 4 aromatic rings. The number of rotatable bonds is 6. The fraction of sp³-hybridized carbons (Fsp3) is 0.250. The standard InChI is InChI=1S/C20H20N4OS/c1-3-13(2)14-8-10-15(11-9-14)18(25)12-26-20-23-22-19-21-16-6-4-5-7-17(16)24(19)20/h4-11,13H,3,12H2,1-2H3,(H,21,22). The Morgan fingerprint density at radius 2 is 1.96 bits per heavy atom. The molecular weight excluding hydrogens is 344 g/mol. The molecule has 0 amide bonds. The summed E-state index contributed by atoms with van der Waals surface area (Å²) < 4.78 is 1.96. The van der Waals surface area contributed by atoms with E-state index in [9.17, 15) is 4.79 Å². The van der Waals surface area contributed by atoms with Crippen LogP contribution in [0.4, 0.5) is 0 Å². The van der Waals surface area contributed by atoms with Crippen LogP contribution < -0.4 is 0 Å². The first-order valence-corrected chi connectivity index (χ1v) is 9.73. The van der Waals surface area contributed by atoms with Crippen molar-refractivity contribution in [3.8, 4) is 0 Å². The summed E-state index contributed by atoms with van der Waals surface area (Å²) in [6, 6.07) is 15.9. The number of hydrogen-bond acceptors (Lipinski definition) is 4. The van der Waals surface area contributed by atoms with Crippen molar-refractivity contribution in [3.05, 3.63) is 59.7 Å². The lowest BCUT2D eigenvalue weighted by Crippen LogP contribution is -2.03. The average molecular weight is 364 g/mol. The van der Waals surface area contributed by atoms with Crippen LogP contribution in [0.5, 0.6) is 0 Å². The van der Waals surface area contributed by atoms with Gasteiger partial charge in [-0.05, 0) is 30.0 Å². The van der Waals surface area contributed by atoms with E-state index in [1.807, 2.05) is 40.8 Å². The second-order valence-corrected chi connectivity index (χ2v) is 7.35. The summed E-state index contributed by atoms with van der Waals surface area (Å²) in [5.41, 5.74) is 3.92. The van der Waals surface area contributed by atoms with Crippen LogP contribution in [-0.2, 0) is 0 Å². The fourth-order valence-corrected chi connectivity index (χ4v) is 3.84. The monoisotopic (exact) mass is 364 g/mol. The van der Waals surface area contributed by atoms with Crippen LogP contribution in [0.25, 0.3) is 16.8 Å². The van der Waals surface area contributed by atoms with Crippen molar-refractivity contribution in [1.82, 2.24) is 19.6 Å². The molecule has 1 unspecified atom stereocenters. The van der Waals surface area contributed by atoms with Crippen LogP contribution in [-0.4, -0.2) is 31.1 Å². The molecule has 0 aliphatic rings. The van der Waals surface area contributed by atoms with Gasteiger partial charge < -0.3 is 0 Å². The van der Waals surface area contributed by atoms with Crippen molar-refractivity contribution in [2.75, 3.05) is 5.75 Å². The van der Waals surface area contributed by atoms with E-state index >= 15 is 0 Å². The largest absolute Gasteiger partial charge is 0.293 e. The molecule has 6 heteroatoms. The van der Waals surface area contributed by atoms with Gasteiger partial charge >= 0.3 is 0 Å². The van der Waals surface area contributed by atoms with Gasteiger partial charge in [0.1, 0.15) is 0 Å². The van der Waals surface area contributed by atoms with Crippen molar-refractivity contribution < 1.29 is 4.79 Å². The zero-order chi connectivity index (χ0) is 18.1. The molecule has 5 nitrogen and oxygen atoms in total.